The molecule has 1 heterocycles. The minimum absolute atomic E-state index is 0.720. The highest BCUT2D eigenvalue weighted by molar-refractivity contribution is 5.26. The van der Waals surface area contributed by atoms with Gasteiger partial charge in [0.2, 0.25) is 0 Å². The molecule has 1 saturated carbocycles. The van der Waals surface area contributed by atoms with Crippen molar-refractivity contribution in [2.45, 2.75) is 32.6 Å². The van der Waals surface area contributed by atoms with Crippen LogP contribution >= 0.6 is 0 Å². The maximum absolute atomic E-state index is 5.05. The minimum atomic E-state index is 0.720. The number of aryl methyl sites for hydroxylation is 1. The van der Waals surface area contributed by atoms with Gasteiger partial charge in [0.15, 0.2) is 0 Å². The van der Waals surface area contributed by atoms with Crippen molar-refractivity contribution in [3.8, 4) is 0 Å². The molecule has 0 aliphatic heterocycles. The lowest BCUT2D eigenvalue weighted by atomic mass is 10.1. The second-order valence-electron chi connectivity index (χ2n) is 3.02. The third kappa shape index (κ3) is 0.753. The van der Waals surface area contributed by atoms with Crippen molar-refractivity contribution < 1.29 is 4.52 Å². The van der Waals surface area contributed by atoms with Crippen molar-refractivity contribution in [1.82, 2.24) is 5.16 Å². The molecule has 0 spiro atoms. The van der Waals surface area contributed by atoms with Crippen LogP contribution in [0.1, 0.15) is 35.8 Å². The van der Waals surface area contributed by atoms with Gasteiger partial charge in [-0.25, -0.2) is 0 Å². The summed E-state index contributed by atoms with van der Waals surface area (Å²) in [6, 6.07) is 0. The quantitative estimate of drug-likeness (QED) is 0.592. The molecule has 0 saturated heterocycles. The Balaban J connectivity index is 2.40. The van der Waals surface area contributed by atoms with Gasteiger partial charge in [-0.3, -0.25) is 0 Å². The second kappa shape index (κ2) is 1.84. The highest BCUT2D eigenvalue weighted by atomic mass is 16.5. The molecule has 2 rings (SSSR count). The Morgan fingerprint density at radius 3 is 2.50 bits per heavy atom. The first-order valence-electron chi connectivity index (χ1n) is 3.72. The van der Waals surface area contributed by atoms with E-state index < -0.39 is 0 Å². The van der Waals surface area contributed by atoms with Crippen molar-refractivity contribution in [3.05, 3.63) is 17.0 Å². The Morgan fingerprint density at radius 2 is 2.10 bits per heavy atom. The zero-order chi connectivity index (χ0) is 7.14. The lowest BCUT2D eigenvalue weighted by Gasteiger charge is -1.88. The van der Waals surface area contributed by atoms with E-state index in [1.165, 1.54) is 24.1 Å². The number of hydrogen-bond donors (Lipinski definition) is 0. The van der Waals surface area contributed by atoms with Crippen LogP contribution in [0.4, 0.5) is 0 Å². The molecule has 0 unspecified atom stereocenters. The average Bonchev–Trinajstić information content (AvgIpc) is 2.67. The van der Waals surface area contributed by atoms with E-state index >= 15 is 0 Å². The van der Waals surface area contributed by atoms with Gasteiger partial charge in [-0.2, -0.15) is 0 Å². The maximum atomic E-state index is 5.05. The number of hydrogen-bond acceptors (Lipinski definition) is 2. The smallest absolute Gasteiger partial charge is 0.136 e. The molecule has 1 aromatic rings. The van der Waals surface area contributed by atoms with Gasteiger partial charge in [0.25, 0.3) is 0 Å². The van der Waals surface area contributed by atoms with Gasteiger partial charge in [0, 0.05) is 11.5 Å². The fraction of sp³-hybridized carbons (Fsp3) is 0.625. The molecule has 0 radical (unpaired) electrons. The SMILES string of the molecule is Cc1onc(C2CC2)c1C. The predicted octanol–water partition coefficient (Wildman–Crippen LogP) is 2.17. The molecule has 2 heteroatoms. The van der Waals surface area contributed by atoms with Crippen molar-refractivity contribution in [3.63, 3.8) is 0 Å². The molecule has 10 heavy (non-hydrogen) atoms. The van der Waals surface area contributed by atoms with Crippen LogP contribution in [-0.2, 0) is 0 Å². The Hall–Kier alpha value is -0.790. The molecule has 1 aliphatic rings. The summed E-state index contributed by atoms with van der Waals surface area (Å²) in [5.41, 5.74) is 2.44. The Labute approximate surface area is 60.2 Å². The molecule has 54 valence electrons. The zero-order valence-electron chi connectivity index (χ0n) is 6.35. The molecule has 2 nitrogen and oxygen atoms in total. The summed E-state index contributed by atoms with van der Waals surface area (Å²) >= 11 is 0. The topological polar surface area (TPSA) is 26.0 Å². The third-order valence-electron chi connectivity index (χ3n) is 2.16. The van der Waals surface area contributed by atoms with E-state index in [-0.39, 0.29) is 0 Å². The van der Waals surface area contributed by atoms with Crippen LogP contribution in [0.2, 0.25) is 0 Å². The molecular formula is C8H11NO. The van der Waals surface area contributed by atoms with E-state index in [4.69, 9.17) is 4.52 Å². The maximum Gasteiger partial charge on any atom is 0.136 e. The summed E-state index contributed by atoms with van der Waals surface area (Å²) in [6.45, 7) is 4.05. The van der Waals surface area contributed by atoms with Gasteiger partial charge in [0.1, 0.15) is 5.76 Å². The Bertz CT molecular complexity index is 248. The van der Waals surface area contributed by atoms with Gasteiger partial charge in [-0.05, 0) is 26.7 Å². The van der Waals surface area contributed by atoms with Gasteiger partial charge >= 0.3 is 0 Å². The first-order valence-corrected chi connectivity index (χ1v) is 3.72. The number of rotatable bonds is 1. The second-order valence-corrected chi connectivity index (χ2v) is 3.02. The molecule has 0 bridgehead atoms. The van der Waals surface area contributed by atoms with E-state index in [9.17, 15) is 0 Å². The average molecular weight is 137 g/mol. The third-order valence-corrected chi connectivity index (χ3v) is 2.16. The van der Waals surface area contributed by atoms with Crippen LogP contribution in [0.5, 0.6) is 0 Å². The highest BCUT2D eigenvalue weighted by Crippen LogP contribution is 2.41. The van der Waals surface area contributed by atoms with Crippen molar-refractivity contribution >= 4 is 0 Å². The fourth-order valence-corrected chi connectivity index (χ4v) is 1.17. The standard InChI is InChI=1S/C8H11NO/c1-5-6(2)10-9-8(5)7-3-4-7/h7H,3-4H2,1-2H3. The van der Waals surface area contributed by atoms with Crippen LogP contribution in [0, 0.1) is 13.8 Å². The van der Waals surface area contributed by atoms with E-state index in [0.717, 1.165) is 11.7 Å². The molecule has 0 amide bonds. The van der Waals surface area contributed by atoms with E-state index in [1.54, 1.807) is 0 Å². The van der Waals surface area contributed by atoms with E-state index in [0.29, 0.717) is 0 Å². The summed E-state index contributed by atoms with van der Waals surface area (Å²) in [5, 5.41) is 4.00. The van der Waals surface area contributed by atoms with Crippen LogP contribution in [-0.4, -0.2) is 5.16 Å². The lowest BCUT2D eigenvalue weighted by Crippen LogP contribution is -1.81. The fourth-order valence-electron chi connectivity index (χ4n) is 1.17. The normalized spacial score (nSPS) is 17.8. The van der Waals surface area contributed by atoms with E-state index in [1.807, 2.05) is 6.92 Å². The van der Waals surface area contributed by atoms with Crippen molar-refractivity contribution in [2.75, 3.05) is 0 Å². The van der Waals surface area contributed by atoms with Crippen LogP contribution in [0.3, 0.4) is 0 Å². The summed E-state index contributed by atoms with van der Waals surface area (Å²) in [6.07, 6.45) is 2.60. The largest absolute Gasteiger partial charge is 0.361 e. The van der Waals surface area contributed by atoms with Gasteiger partial charge < -0.3 is 4.52 Å². The zero-order valence-corrected chi connectivity index (χ0v) is 6.35. The summed E-state index contributed by atoms with van der Waals surface area (Å²) in [7, 11) is 0. The summed E-state index contributed by atoms with van der Waals surface area (Å²) in [4.78, 5) is 0. The molecule has 0 atom stereocenters. The number of nitrogens with zero attached hydrogens (tertiary/aromatic N) is 1. The Morgan fingerprint density at radius 1 is 1.40 bits per heavy atom. The monoisotopic (exact) mass is 137 g/mol. The summed E-state index contributed by atoms with van der Waals surface area (Å²) < 4.78 is 5.05. The van der Waals surface area contributed by atoms with Crippen molar-refractivity contribution in [1.29, 1.82) is 0 Å². The molecule has 1 fully saturated rings. The van der Waals surface area contributed by atoms with Crippen LogP contribution in [0.25, 0.3) is 0 Å². The van der Waals surface area contributed by atoms with Gasteiger partial charge in [-0.15, -0.1) is 0 Å². The van der Waals surface area contributed by atoms with Crippen LogP contribution in [0.15, 0.2) is 4.52 Å². The molecule has 1 aliphatic carbocycles. The first-order chi connectivity index (χ1) is 4.79. The molecule has 0 aromatic carbocycles. The first kappa shape index (κ1) is 5.96. The van der Waals surface area contributed by atoms with E-state index in [2.05, 4.69) is 12.1 Å². The van der Waals surface area contributed by atoms with Gasteiger partial charge in [-0.1, -0.05) is 5.16 Å². The van der Waals surface area contributed by atoms with Crippen LogP contribution < -0.4 is 0 Å². The number of aromatic nitrogens is 1. The van der Waals surface area contributed by atoms with Crippen molar-refractivity contribution in [2.24, 2.45) is 0 Å². The lowest BCUT2D eigenvalue weighted by molar-refractivity contribution is 0.390. The Kier molecular flexibility index (Phi) is 1.10. The minimum Gasteiger partial charge on any atom is -0.361 e. The molecule has 1 aromatic heterocycles. The summed E-state index contributed by atoms with van der Waals surface area (Å²) in [5.74, 6) is 1.69. The van der Waals surface area contributed by atoms with Gasteiger partial charge in [0.05, 0.1) is 5.69 Å². The molecular weight excluding hydrogens is 126 g/mol. The predicted molar refractivity (Wildman–Crippen MR) is 38.0 cm³/mol. The highest BCUT2D eigenvalue weighted by Gasteiger charge is 2.28. The molecule has 0 N–H and O–H groups in total.